The summed E-state index contributed by atoms with van der Waals surface area (Å²) in [5.74, 6) is 0.603. The van der Waals surface area contributed by atoms with E-state index in [0.29, 0.717) is 23.1 Å². The molecule has 3 nitrogen and oxygen atoms in total. The largest absolute Gasteiger partial charge is 0.416 e. The molecule has 0 aliphatic carbocycles. The Labute approximate surface area is 166 Å². The number of halogens is 4. The summed E-state index contributed by atoms with van der Waals surface area (Å²) in [6, 6.07) is 11.3. The van der Waals surface area contributed by atoms with Gasteiger partial charge in [0.05, 0.1) is 5.56 Å². The van der Waals surface area contributed by atoms with E-state index in [1.54, 1.807) is 6.07 Å². The van der Waals surface area contributed by atoms with E-state index in [0.717, 1.165) is 43.2 Å². The number of aromatic nitrogens is 1. The molecule has 2 aromatic carbocycles. The first-order valence-corrected chi connectivity index (χ1v) is 9.48. The highest BCUT2D eigenvalue weighted by Crippen LogP contribution is 2.32. The molecule has 1 N–H and O–H groups in total. The van der Waals surface area contributed by atoms with E-state index in [4.69, 9.17) is 11.6 Å². The van der Waals surface area contributed by atoms with Crippen LogP contribution in [0.2, 0.25) is 5.02 Å². The number of alkyl halides is 3. The number of fused-ring (bicyclic) bond motifs is 2. The molecule has 7 heteroatoms. The number of hydrogen-bond acceptors (Lipinski definition) is 3. The van der Waals surface area contributed by atoms with Crippen molar-refractivity contribution in [1.82, 2.24) is 9.88 Å². The molecule has 1 aromatic heterocycles. The first-order chi connectivity index (χ1) is 13.4. The molecular formula is C21H19ClF3N3. The number of hydrogen-bond donors (Lipinski definition) is 1. The van der Waals surface area contributed by atoms with Crippen molar-refractivity contribution in [2.75, 3.05) is 25.0 Å². The van der Waals surface area contributed by atoms with Crippen molar-refractivity contribution in [1.29, 1.82) is 0 Å². The summed E-state index contributed by atoms with van der Waals surface area (Å²) in [7, 11) is 0. The number of nitrogens with zero attached hydrogens (tertiary/aromatic N) is 2. The van der Waals surface area contributed by atoms with Gasteiger partial charge in [0, 0.05) is 42.8 Å². The molecule has 28 heavy (non-hydrogen) atoms. The Hall–Kier alpha value is -2.31. The van der Waals surface area contributed by atoms with Crippen molar-refractivity contribution in [2.24, 2.45) is 0 Å². The summed E-state index contributed by atoms with van der Waals surface area (Å²) in [4.78, 5) is 6.63. The van der Waals surface area contributed by atoms with Gasteiger partial charge >= 0.3 is 6.18 Å². The number of nitrogens with one attached hydrogen (secondary N) is 1. The minimum absolute atomic E-state index is 0.522. The number of anilines is 1. The van der Waals surface area contributed by atoms with Gasteiger partial charge in [0.15, 0.2) is 0 Å². The maximum Gasteiger partial charge on any atom is 0.416 e. The molecule has 146 valence electrons. The van der Waals surface area contributed by atoms with Crippen LogP contribution in [0.4, 0.5) is 19.0 Å². The Morgan fingerprint density at radius 2 is 2.00 bits per heavy atom. The van der Waals surface area contributed by atoms with Gasteiger partial charge in [0.2, 0.25) is 0 Å². The molecule has 0 radical (unpaired) electrons. The lowest BCUT2D eigenvalue weighted by molar-refractivity contribution is -0.137. The molecule has 3 aromatic rings. The van der Waals surface area contributed by atoms with Gasteiger partial charge in [0.1, 0.15) is 5.82 Å². The second kappa shape index (κ2) is 7.60. The molecule has 1 aliphatic heterocycles. The van der Waals surface area contributed by atoms with Crippen LogP contribution in [0.25, 0.3) is 10.8 Å². The smallest absolute Gasteiger partial charge is 0.368 e. The SMILES string of the molecule is FC(F)(F)c1ccc2c(NCCN3CCc4c(Cl)cccc4C3)nccc2c1. The van der Waals surface area contributed by atoms with E-state index in [2.05, 4.69) is 21.3 Å². The van der Waals surface area contributed by atoms with E-state index >= 15 is 0 Å². The summed E-state index contributed by atoms with van der Waals surface area (Å²) in [6.07, 6.45) is -1.90. The fourth-order valence-corrected chi connectivity index (χ4v) is 3.93. The molecule has 0 bridgehead atoms. The Morgan fingerprint density at radius 1 is 1.14 bits per heavy atom. The summed E-state index contributed by atoms with van der Waals surface area (Å²) >= 11 is 6.26. The third-order valence-electron chi connectivity index (χ3n) is 5.10. The average molecular weight is 406 g/mol. The van der Waals surface area contributed by atoms with Crippen LogP contribution in [0, 0.1) is 0 Å². The molecule has 0 fully saturated rings. The third-order valence-corrected chi connectivity index (χ3v) is 5.45. The Bertz CT molecular complexity index is 1000. The highest BCUT2D eigenvalue weighted by atomic mass is 35.5. The molecule has 2 heterocycles. The van der Waals surface area contributed by atoms with Gasteiger partial charge in [-0.2, -0.15) is 13.2 Å². The zero-order chi connectivity index (χ0) is 19.7. The number of benzene rings is 2. The molecule has 0 saturated carbocycles. The highest BCUT2D eigenvalue weighted by Gasteiger charge is 2.30. The zero-order valence-electron chi connectivity index (χ0n) is 15.1. The minimum atomic E-state index is -4.35. The molecule has 0 amide bonds. The van der Waals surface area contributed by atoms with Crippen molar-refractivity contribution in [2.45, 2.75) is 19.1 Å². The summed E-state index contributed by atoms with van der Waals surface area (Å²) in [5, 5.41) is 5.30. The van der Waals surface area contributed by atoms with Crippen LogP contribution in [0.5, 0.6) is 0 Å². The standard InChI is InChI=1S/C21H19ClF3N3/c22-19-3-1-2-15-13-28(10-7-17(15)19)11-9-27-20-18-5-4-16(21(23,24)25)12-14(18)6-8-26-20/h1-6,8,12H,7,9-11,13H2,(H,26,27). The predicted octanol–water partition coefficient (Wildman–Crippen LogP) is 5.38. The Balaban J connectivity index is 1.42. The van der Waals surface area contributed by atoms with E-state index < -0.39 is 11.7 Å². The van der Waals surface area contributed by atoms with Gasteiger partial charge in [-0.25, -0.2) is 4.98 Å². The van der Waals surface area contributed by atoms with E-state index in [9.17, 15) is 13.2 Å². The molecular weight excluding hydrogens is 387 g/mol. The third kappa shape index (κ3) is 3.93. The maximum atomic E-state index is 12.9. The lowest BCUT2D eigenvalue weighted by Gasteiger charge is -2.29. The monoisotopic (exact) mass is 405 g/mol. The number of pyridine rings is 1. The molecule has 1 aliphatic rings. The first-order valence-electron chi connectivity index (χ1n) is 9.10. The van der Waals surface area contributed by atoms with Crippen LogP contribution in [0.15, 0.2) is 48.7 Å². The average Bonchev–Trinajstić information content (AvgIpc) is 2.67. The molecule has 0 saturated heterocycles. The van der Waals surface area contributed by atoms with E-state index in [-0.39, 0.29) is 0 Å². The van der Waals surface area contributed by atoms with Crippen LogP contribution < -0.4 is 5.32 Å². The molecule has 0 unspecified atom stereocenters. The fourth-order valence-electron chi connectivity index (χ4n) is 3.64. The maximum absolute atomic E-state index is 12.9. The van der Waals surface area contributed by atoms with E-state index in [1.165, 1.54) is 23.4 Å². The first kappa shape index (κ1) is 19.0. The van der Waals surface area contributed by atoms with Crippen LogP contribution in [-0.2, 0) is 19.1 Å². The second-order valence-corrected chi connectivity index (χ2v) is 7.33. The van der Waals surface area contributed by atoms with Crippen molar-refractivity contribution in [3.05, 3.63) is 70.4 Å². The van der Waals surface area contributed by atoms with E-state index in [1.807, 2.05) is 12.1 Å². The van der Waals surface area contributed by atoms with Crippen LogP contribution in [-0.4, -0.2) is 29.5 Å². The normalized spacial score (nSPS) is 14.9. The van der Waals surface area contributed by atoms with Crippen LogP contribution >= 0.6 is 11.6 Å². The van der Waals surface area contributed by atoms with Gasteiger partial charge in [0.25, 0.3) is 0 Å². The molecule has 4 rings (SSSR count). The summed E-state index contributed by atoms with van der Waals surface area (Å²) in [6.45, 7) is 3.24. The molecule has 0 atom stereocenters. The van der Waals surface area contributed by atoms with Crippen molar-refractivity contribution >= 4 is 28.2 Å². The summed E-state index contributed by atoms with van der Waals surface area (Å²) in [5.41, 5.74) is 1.83. The van der Waals surface area contributed by atoms with Crippen LogP contribution in [0.3, 0.4) is 0 Å². The minimum Gasteiger partial charge on any atom is -0.368 e. The molecule has 0 spiro atoms. The van der Waals surface area contributed by atoms with Crippen LogP contribution in [0.1, 0.15) is 16.7 Å². The van der Waals surface area contributed by atoms with Crippen molar-refractivity contribution < 1.29 is 13.2 Å². The second-order valence-electron chi connectivity index (χ2n) is 6.92. The van der Waals surface area contributed by atoms with Gasteiger partial charge < -0.3 is 5.32 Å². The van der Waals surface area contributed by atoms with Crippen molar-refractivity contribution in [3.63, 3.8) is 0 Å². The Kier molecular flexibility index (Phi) is 5.17. The number of rotatable bonds is 4. The highest BCUT2D eigenvalue weighted by molar-refractivity contribution is 6.31. The van der Waals surface area contributed by atoms with Gasteiger partial charge in [-0.3, -0.25) is 4.90 Å². The Morgan fingerprint density at radius 3 is 2.82 bits per heavy atom. The van der Waals surface area contributed by atoms with Crippen molar-refractivity contribution in [3.8, 4) is 0 Å². The summed E-state index contributed by atoms with van der Waals surface area (Å²) < 4.78 is 38.7. The quantitative estimate of drug-likeness (QED) is 0.631. The van der Waals surface area contributed by atoms with Gasteiger partial charge in [-0.15, -0.1) is 0 Å². The lowest BCUT2D eigenvalue weighted by Crippen LogP contribution is -2.34. The zero-order valence-corrected chi connectivity index (χ0v) is 15.8. The lowest BCUT2D eigenvalue weighted by atomic mass is 10.00. The topological polar surface area (TPSA) is 28.2 Å². The van der Waals surface area contributed by atoms with Gasteiger partial charge in [-0.05, 0) is 47.2 Å². The predicted molar refractivity (Wildman–Crippen MR) is 106 cm³/mol. The van der Waals surface area contributed by atoms with Gasteiger partial charge in [-0.1, -0.05) is 29.8 Å². The fraction of sp³-hybridized carbons (Fsp3) is 0.286.